The number of amides is 10. The smallest absolute Gasteiger partial charge is 0.242 e. The fourth-order valence-corrected chi connectivity index (χ4v) is 9.54. The van der Waals surface area contributed by atoms with Crippen LogP contribution in [0, 0.1) is 0 Å². The van der Waals surface area contributed by atoms with E-state index in [0.717, 1.165) is 0 Å². The molecule has 6 unspecified atom stereocenters. The standard InChI is InChI=1S/C56H91N15O12S2/c1-55(70-49(78)15-9-13-47(76)66-41(29-37-17-21-39(72)22-18-37)53(82)62-25-7-3-5-11-45(74)68-43(31-84)51(57)80)33-60-27-28-61-35-56(34-59-2,65-36-64-55)71-50(79)16-10-14-48(77)67-42(30-38-19-23-40(73)24-20-38)54(83)63-26-8-4-6-12-46(75)69-44(32-85)52(58)81/h17-24,41-44,59-61,64-65,72-73,84-85H,3-16,25-36H2,1-2H3,(H2,57,80)(H2,58,81)(H,62,82)(H,63,83)(H,66,76)(H,67,77)(H,68,74)(H,69,75)(H,70,78)(H,71,79). The van der Waals surface area contributed by atoms with Gasteiger partial charge in [-0.15, -0.1) is 0 Å². The summed E-state index contributed by atoms with van der Waals surface area (Å²) in [4.78, 5) is 128. The number of nitrogens with one attached hydrogen (secondary N) is 13. The number of primary amides is 2. The van der Waals surface area contributed by atoms with E-state index < -0.39 is 70.9 Å². The molecule has 3 rings (SSSR count). The van der Waals surface area contributed by atoms with Crippen molar-refractivity contribution >= 4 is 84.3 Å². The van der Waals surface area contributed by atoms with Gasteiger partial charge in [0.05, 0.1) is 0 Å². The SMILES string of the molecule is CNCC1(NC(=O)CCCC(=O)NC(Cc2ccc(O)cc2)C(=O)NCCCCCC(=O)NC(CS)C(N)=O)CNCCNCC(C)(NC(=O)CCCC(=O)NC(Cc2ccc(O)cc2)C(=O)NCCCCCC(=O)NC(CS)C(N)=O)NCN1. The Hall–Kier alpha value is -6.76. The van der Waals surface area contributed by atoms with Gasteiger partial charge in [-0.2, -0.15) is 25.3 Å². The molecule has 0 saturated carbocycles. The molecule has 474 valence electrons. The van der Waals surface area contributed by atoms with Crippen LogP contribution in [0.3, 0.4) is 0 Å². The summed E-state index contributed by atoms with van der Waals surface area (Å²) in [6.07, 6.45) is 4.06. The molecule has 19 N–H and O–H groups in total. The van der Waals surface area contributed by atoms with E-state index in [1.807, 2.05) is 0 Å². The van der Waals surface area contributed by atoms with Crippen molar-refractivity contribution in [3.63, 3.8) is 0 Å². The number of carbonyl (C=O) groups is 10. The minimum absolute atomic E-state index is 0.0147. The number of nitrogens with two attached hydrogens (primary N) is 2. The maximum atomic E-state index is 13.6. The minimum Gasteiger partial charge on any atom is -0.508 e. The van der Waals surface area contributed by atoms with Gasteiger partial charge in [0.15, 0.2) is 0 Å². The first-order valence-electron chi connectivity index (χ1n) is 28.9. The molecule has 1 aliphatic heterocycles. The van der Waals surface area contributed by atoms with E-state index in [4.69, 9.17) is 11.5 Å². The lowest BCUT2D eigenvalue weighted by Crippen LogP contribution is -2.71. The van der Waals surface area contributed by atoms with E-state index in [-0.39, 0.29) is 137 Å². The average Bonchev–Trinajstić information content (AvgIpc) is 3.69. The number of benzene rings is 2. The summed E-state index contributed by atoms with van der Waals surface area (Å²) in [5, 5.41) is 58.6. The van der Waals surface area contributed by atoms with Gasteiger partial charge in [0.2, 0.25) is 59.1 Å². The molecule has 0 radical (unpaired) electrons. The summed E-state index contributed by atoms with van der Waals surface area (Å²) in [7, 11) is 1.74. The Balaban J connectivity index is 1.50. The van der Waals surface area contributed by atoms with Crippen molar-refractivity contribution < 1.29 is 58.2 Å². The topological polar surface area (TPSA) is 420 Å². The van der Waals surface area contributed by atoms with Crippen LogP contribution in [0.1, 0.15) is 108 Å². The summed E-state index contributed by atoms with van der Waals surface area (Å²) in [5.41, 5.74) is 9.88. The fraction of sp³-hybridized carbons (Fsp3) is 0.607. The van der Waals surface area contributed by atoms with E-state index in [1.165, 1.54) is 24.3 Å². The Morgan fingerprint density at radius 3 is 1.32 bits per heavy atom. The van der Waals surface area contributed by atoms with Gasteiger partial charge < -0.3 is 80.2 Å². The Bertz CT molecular complexity index is 2470. The molecule has 2 aromatic carbocycles. The van der Waals surface area contributed by atoms with Gasteiger partial charge in [-0.25, -0.2) is 0 Å². The van der Waals surface area contributed by atoms with Crippen LogP contribution in [-0.4, -0.2) is 176 Å². The molecule has 29 heteroatoms. The van der Waals surface area contributed by atoms with Crippen LogP contribution in [0.25, 0.3) is 0 Å². The van der Waals surface area contributed by atoms with E-state index in [9.17, 15) is 58.2 Å². The Kier molecular flexibility index (Phi) is 33.9. The van der Waals surface area contributed by atoms with E-state index >= 15 is 0 Å². The number of aromatic hydroxyl groups is 2. The Morgan fingerprint density at radius 1 is 0.518 bits per heavy atom. The molecule has 0 spiro atoms. The number of unbranched alkanes of at least 4 members (excludes halogenated alkanes) is 4. The molecular formula is C56H91N15O12S2. The predicted octanol–water partition coefficient (Wildman–Crippen LogP) is -2.46. The molecule has 27 nitrogen and oxygen atoms in total. The van der Waals surface area contributed by atoms with Crippen LogP contribution in [0.2, 0.25) is 0 Å². The zero-order chi connectivity index (χ0) is 62.6. The fourth-order valence-electron chi connectivity index (χ4n) is 8.99. The van der Waals surface area contributed by atoms with E-state index in [0.29, 0.717) is 75.8 Å². The highest BCUT2D eigenvalue weighted by atomic mass is 32.1. The lowest BCUT2D eigenvalue weighted by atomic mass is 10.0. The monoisotopic (exact) mass is 1230 g/mol. The first kappa shape index (κ1) is 72.5. The highest BCUT2D eigenvalue weighted by molar-refractivity contribution is 7.80. The quantitative estimate of drug-likeness (QED) is 0.0245. The molecule has 0 aliphatic carbocycles. The van der Waals surface area contributed by atoms with Gasteiger partial charge in [-0.05, 0) is 87.9 Å². The maximum Gasteiger partial charge on any atom is 0.242 e. The van der Waals surface area contributed by atoms with Gasteiger partial charge in [0.25, 0.3) is 0 Å². The second-order valence-corrected chi connectivity index (χ2v) is 22.0. The van der Waals surface area contributed by atoms with Crippen molar-refractivity contribution in [3.8, 4) is 11.5 Å². The third-order valence-corrected chi connectivity index (χ3v) is 14.4. The normalized spacial score (nSPS) is 17.6. The molecule has 0 bridgehead atoms. The molecule has 2 aromatic rings. The van der Waals surface area contributed by atoms with Crippen molar-refractivity contribution in [1.29, 1.82) is 0 Å². The number of carbonyl (C=O) groups excluding carboxylic acids is 10. The molecule has 6 atom stereocenters. The maximum absolute atomic E-state index is 13.6. The lowest BCUT2D eigenvalue weighted by Gasteiger charge is -2.38. The number of thiol groups is 2. The third kappa shape index (κ3) is 30.2. The van der Waals surface area contributed by atoms with Crippen LogP contribution in [-0.2, 0) is 60.8 Å². The number of likely N-dealkylation sites (N-methyl/N-ethyl adjacent to an activating group) is 1. The number of hydrogen-bond donors (Lipinski definition) is 19. The summed E-state index contributed by atoms with van der Waals surface area (Å²) >= 11 is 8.05. The van der Waals surface area contributed by atoms with E-state index in [2.05, 4.69) is 94.4 Å². The molecule has 1 aliphatic rings. The van der Waals surface area contributed by atoms with Crippen molar-refractivity contribution in [3.05, 3.63) is 59.7 Å². The Labute approximate surface area is 508 Å². The molecule has 85 heavy (non-hydrogen) atoms. The molecule has 0 aromatic heterocycles. The third-order valence-electron chi connectivity index (χ3n) is 13.7. The average molecular weight is 1230 g/mol. The van der Waals surface area contributed by atoms with Gasteiger partial charge in [0.1, 0.15) is 47.0 Å². The van der Waals surface area contributed by atoms with Crippen LogP contribution < -0.4 is 80.6 Å². The second-order valence-electron chi connectivity index (χ2n) is 21.2. The molecule has 1 saturated heterocycles. The first-order chi connectivity index (χ1) is 40.6. The zero-order valence-electron chi connectivity index (χ0n) is 48.8. The Morgan fingerprint density at radius 2 is 0.906 bits per heavy atom. The predicted molar refractivity (Wildman–Crippen MR) is 326 cm³/mol. The summed E-state index contributed by atoms with van der Waals surface area (Å²) in [6.45, 7) is 4.36. The van der Waals surface area contributed by atoms with Gasteiger partial charge in [0, 0.05) is 115 Å². The zero-order valence-corrected chi connectivity index (χ0v) is 50.6. The summed E-state index contributed by atoms with van der Waals surface area (Å²) < 4.78 is 0. The van der Waals surface area contributed by atoms with Crippen molar-refractivity contribution in [1.82, 2.24) is 69.1 Å². The van der Waals surface area contributed by atoms with Gasteiger partial charge in [-0.1, -0.05) is 37.1 Å². The number of hydrogen-bond acceptors (Lipinski definition) is 19. The molecule has 1 fully saturated rings. The van der Waals surface area contributed by atoms with Crippen LogP contribution >= 0.6 is 25.3 Å². The second kappa shape index (κ2) is 39.8. The van der Waals surface area contributed by atoms with Crippen LogP contribution in [0.4, 0.5) is 0 Å². The number of phenolic OH excluding ortho intramolecular Hbond substituents is 2. The van der Waals surface area contributed by atoms with Gasteiger partial charge >= 0.3 is 0 Å². The molecular weight excluding hydrogens is 1140 g/mol. The van der Waals surface area contributed by atoms with Crippen molar-refractivity contribution in [2.45, 2.75) is 145 Å². The molecule has 10 amide bonds. The lowest BCUT2D eigenvalue weighted by molar-refractivity contribution is -0.129. The van der Waals surface area contributed by atoms with E-state index in [1.54, 1.807) is 38.2 Å². The number of rotatable bonds is 38. The van der Waals surface area contributed by atoms with Crippen molar-refractivity contribution in [2.24, 2.45) is 11.5 Å². The molecule has 1 heterocycles. The highest BCUT2D eigenvalue weighted by Gasteiger charge is 2.34. The van der Waals surface area contributed by atoms with Crippen LogP contribution in [0.15, 0.2) is 48.5 Å². The first-order valence-corrected chi connectivity index (χ1v) is 30.1. The van der Waals surface area contributed by atoms with Crippen molar-refractivity contribution in [2.75, 3.05) is 71.0 Å². The van der Waals surface area contributed by atoms with Crippen LogP contribution in [0.5, 0.6) is 11.5 Å². The van der Waals surface area contributed by atoms with Gasteiger partial charge in [-0.3, -0.25) is 58.6 Å². The summed E-state index contributed by atoms with van der Waals surface area (Å²) in [5.74, 6) is -4.18. The summed E-state index contributed by atoms with van der Waals surface area (Å²) in [6, 6.07) is 8.88. The minimum atomic E-state index is -1.04. The highest BCUT2D eigenvalue weighted by Crippen LogP contribution is 2.15. The number of phenols is 2. The largest absolute Gasteiger partial charge is 0.508 e.